The minimum Gasteiger partial charge on any atom is -0.480 e. The number of nitriles is 1. The molecule has 3 nitrogen and oxygen atoms in total. The number of unbranched alkanes of at least 4 members (excludes halogenated alkanes) is 1. The van der Waals surface area contributed by atoms with E-state index in [0.717, 1.165) is 29.5 Å². The number of carboxylic acids is 1. The molecule has 28 heavy (non-hydrogen) atoms. The Hall–Kier alpha value is -2.31. The van der Waals surface area contributed by atoms with Gasteiger partial charge in [-0.2, -0.15) is 5.26 Å². The van der Waals surface area contributed by atoms with Crippen LogP contribution in [0.15, 0.2) is 48.5 Å². The van der Waals surface area contributed by atoms with Crippen LogP contribution >= 0.6 is 11.6 Å². The van der Waals surface area contributed by atoms with E-state index < -0.39 is 17.3 Å². The molecule has 0 heterocycles. The second-order valence-electron chi connectivity index (χ2n) is 7.70. The number of benzene rings is 2. The third-order valence-electron chi connectivity index (χ3n) is 5.90. The Balaban J connectivity index is 1.87. The normalized spacial score (nSPS) is 24.5. The number of hydrogen-bond donors (Lipinski definition) is 1. The van der Waals surface area contributed by atoms with Gasteiger partial charge in [-0.3, -0.25) is 4.79 Å². The first-order chi connectivity index (χ1) is 13.5. The SMILES string of the molecule is CCCCc1ccc(-c2ccc(C3C(Cl)CCCC3(C#N)C(=O)O)cc2)cc1. The molecule has 0 saturated heterocycles. The monoisotopic (exact) mass is 395 g/mol. The van der Waals surface area contributed by atoms with E-state index >= 15 is 0 Å². The van der Waals surface area contributed by atoms with Gasteiger partial charge in [-0.15, -0.1) is 11.6 Å². The van der Waals surface area contributed by atoms with Crippen LogP contribution in [0.1, 0.15) is 56.1 Å². The lowest BCUT2D eigenvalue weighted by Crippen LogP contribution is -2.43. The third kappa shape index (κ3) is 3.93. The molecule has 3 atom stereocenters. The van der Waals surface area contributed by atoms with Crippen molar-refractivity contribution < 1.29 is 9.90 Å². The summed E-state index contributed by atoms with van der Waals surface area (Å²) in [6, 6.07) is 18.5. The third-order valence-corrected chi connectivity index (χ3v) is 6.37. The molecule has 1 aliphatic carbocycles. The fraction of sp³-hybridized carbons (Fsp3) is 0.417. The second kappa shape index (κ2) is 8.80. The smallest absolute Gasteiger partial charge is 0.324 e. The van der Waals surface area contributed by atoms with E-state index in [1.165, 1.54) is 18.4 Å². The molecular formula is C24H26ClNO2. The number of carbonyl (C=O) groups is 1. The van der Waals surface area contributed by atoms with Crippen LogP contribution < -0.4 is 0 Å². The minimum absolute atomic E-state index is 0.341. The zero-order valence-corrected chi connectivity index (χ0v) is 17.0. The van der Waals surface area contributed by atoms with Crippen LogP contribution in [0.3, 0.4) is 0 Å². The van der Waals surface area contributed by atoms with Gasteiger partial charge in [0.1, 0.15) is 0 Å². The van der Waals surface area contributed by atoms with Crippen molar-refractivity contribution >= 4 is 17.6 Å². The van der Waals surface area contributed by atoms with Gasteiger partial charge in [0.2, 0.25) is 0 Å². The van der Waals surface area contributed by atoms with Gasteiger partial charge >= 0.3 is 5.97 Å². The Morgan fingerprint density at radius 2 is 1.79 bits per heavy atom. The lowest BCUT2D eigenvalue weighted by molar-refractivity contribution is -0.148. The molecule has 1 fully saturated rings. The van der Waals surface area contributed by atoms with Crippen LogP contribution in [0.2, 0.25) is 0 Å². The Morgan fingerprint density at radius 3 is 2.32 bits per heavy atom. The van der Waals surface area contributed by atoms with E-state index in [1.54, 1.807) is 0 Å². The molecule has 3 unspecified atom stereocenters. The summed E-state index contributed by atoms with van der Waals surface area (Å²) in [5, 5.41) is 19.1. The Labute approximate surface area is 172 Å². The summed E-state index contributed by atoms with van der Waals surface area (Å²) < 4.78 is 0. The molecule has 4 heteroatoms. The predicted molar refractivity (Wildman–Crippen MR) is 112 cm³/mol. The number of aryl methyl sites for hydroxylation is 1. The van der Waals surface area contributed by atoms with Crippen LogP contribution in [0.4, 0.5) is 0 Å². The highest BCUT2D eigenvalue weighted by molar-refractivity contribution is 6.21. The Morgan fingerprint density at radius 1 is 1.18 bits per heavy atom. The molecule has 1 saturated carbocycles. The molecule has 2 aromatic carbocycles. The van der Waals surface area contributed by atoms with Gasteiger partial charge in [-0.05, 0) is 54.4 Å². The summed E-state index contributed by atoms with van der Waals surface area (Å²) >= 11 is 6.53. The van der Waals surface area contributed by atoms with Crippen LogP contribution in [0.25, 0.3) is 11.1 Å². The second-order valence-corrected chi connectivity index (χ2v) is 8.26. The molecule has 146 valence electrons. The van der Waals surface area contributed by atoms with E-state index in [-0.39, 0.29) is 5.38 Å². The van der Waals surface area contributed by atoms with E-state index in [1.807, 2.05) is 24.3 Å². The van der Waals surface area contributed by atoms with Gasteiger partial charge in [0.05, 0.1) is 6.07 Å². The summed E-state index contributed by atoms with van der Waals surface area (Å²) in [6.07, 6.45) is 5.20. The number of carboxylic acid groups (broad SMARTS) is 1. The highest BCUT2D eigenvalue weighted by atomic mass is 35.5. The standard InChI is InChI=1S/C24H26ClNO2/c1-2-3-5-17-7-9-18(10-8-17)19-11-13-20(14-12-19)22-21(25)6-4-15-24(22,16-26)23(27)28/h7-14,21-22H,2-6,15H2,1H3,(H,27,28). The lowest BCUT2D eigenvalue weighted by Gasteiger charge is -2.39. The number of aliphatic carboxylic acids is 1. The number of alkyl halides is 1. The molecule has 2 aromatic rings. The molecule has 0 aliphatic heterocycles. The van der Waals surface area contributed by atoms with Crippen molar-refractivity contribution in [2.24, 2.45) is 5.41 Å². The van der Waals surface area contributed by atoms with Gasteiger partial charge in [0, 0.05) is 11.3 Å². The Kier molecular flexibility index (Phi) is 6.42. The lowest BCUT2D eigenvalue weighted by atomic mass is 9.64. The fourth-order valence-electron chi connectivity index (χ4n) is 4.24. The maximum absolute atomic E-state index is 12.0. The topological polar surface area (TPSA) is 61.1 Å². The molecular weight excluding hydrogens is 370 g/mol. The fourth-order valence-corrected chi connectivity index (χ4v) is 4.76. The number of rotatable bonds is 6. The maximum atomic E-state index is 12.0. The van der Waals surface area contributed by atoms with E-state index in [4.69, 9.17) is 11.6 Å². The van der Waals surface area contributed by atoms with Gasteiger partial charge in [-0.1, -0.05) is 61.9 Å². The largest absolute Gasteiger partial charge is 0.480 e. The summed E-state index contributed by atoms with van der Waals surface area (Å²) in [5.41, 5.74) is 2.92. The Bertz CT molecular complexity index is 854. The molecule has 0 radical (unpaired) electrons. The molecule has 3 rings (SSSR count). The van der Waals surface area contributed by atoms with E-state index in [0.29, 0.717) is 12.8 Å². The van der Waals surface area contributed by atoms with E-state index in [9.17, 15) is 15.2 Å². The molecule has 1 N–H and O–H groups in total. The molecule has 0 spiro atoms. The average molecular weight is 396 g/mol. The van der Waals surface area contributed by atoms with Crippen LogP contribution in [-0.2, 0) is 11.2 Å². The first-order valence-electron chi connectivity index (χ1n) is 10.00. The summed E-state index contributed by atoms with van der Waals surface area (Å²) in [4.78, 5) is 12.0. The first-order valence-corrected chi connectivity index (χ1v) is 10.4. The minimum atomic E-state index is -1.45. The van der Waals surface area contributed by atoms with Gasteiger partial charge < -0.3 is 5.11 Å². The molecule has 0 bridgehead atoms. The maximum Gasteiger partial charge on any atom is 0.324 e. The van der Waals surface area contributed by atoms with Gasteiger partial charge in [0.25, 0.3) is 0 Å². The predicted octanol–water partition coefficient (Wildman–Crippen LogP) is 6.17. The van der Waals surface area contributed by atoms with Crippen molar-refractivity contribution in [3.05, 3.63) is 59.7 Å². The number of nitrogens with zero attached hydrogens (tertiary/aromatic N) is 1. The number of halogens is 1. The zero-order chi connectivity index (χ0) is 20.1. The zero-order valence-electron chi connectivity index (χ0n) is 16.2. The van der Waals surface area contributed by atoms with Crippen molar-refractivity contribution in [3.63, 3.8) is 0 Å². The van der Waals surface area contributed by atoms with Crippen molar-refractivity contribution in [2.75, 3.05) is 0 Å². The van der Waals surface area contributed by atoms with Gasteiger partial charge in [-0.25, -0.2) is 0 Å². The van der Waals surface area contributed by atoms with Crippen molar-refractivity contribution in [1.82, 2.24) is 0 Å². The van der Waals surface area contributed by atoms with Crippen LogP contribution in [0.5, 0.6) is 0 Å². The van der Waals surface area contributed by atoms with Crippen molar-refractivity contribution in [2.45, 2.75) is 56.7 Å². The first kappa shape index (κ1) is 20.4. The molecule has 0 amide bonds. The number of hydrogen-bond acceptors (Lipinski definition) is 2. The summed E-state index contributed by atoms with van der Waals surface area (Å²) in [5.74, 6) is -1.58. The van der Waals surface area contributed by atoms with Crippen molar-refractivity contribution in [1.29, 1.82) is 5.26 Å². The van der Waals surface area contributed by atoms with E-state index in [2.05, 4.69) is 37.3 Å². The summed E-state index contributed by atoms with van der Waals surface area (Å²) in [6.45, 7) is 2.19. The van der Waals surface area contributed by atoms with Crippen LogP contribution in [-0.4, -0.2) is 16.5 Å². The van der Waals surface area contributed by atoms with Crippen molar-refractivity contribution in [3.8, 4) is 17.2 Å². The summed E-state index contributed by atoms with van der Waals surface area (Å²) in [7, 11) is 0. The van der Waals surface area contributed by atoms with Crippen LogP contribution in [0, 0.1) is 16.7 Å². The molecule has 0 aromatic heterocycles. The van der Waals surface area contributed by atoms with Gasteiger partial charge in [0.15, 0.2) is 5.41 Å². The average Bonchev–Trinajstić information content (AvgIpc) is 2.72. The molecule has 1 aliphatic rings. The highest BCUT2D eigenvalue weighted by Gasteiger charge is 2.52. The quantitative estimate of drug-likeness (QED) is 0.595. The highest BCUT2D eigenvalue weighted by Crippen LogP contribution is 2.49.